The number of hydrogen-bond acceptors (Lipinski definition) is 4. The average molecular weight is 310 g/mol. The molecule has 122 valence electrons. The zero-order valence-electron chi connectivity index (χ0n) is 14.4. The van der Waals surface area contributed by atoms with Crippen LogP contribution in [0, 0.1) is 20.8 Å². The monoisotopic (exact) mass is 310 g/mol. The maximum atomic E-state index is 4.65. The van der Waals surface area contributed by atoms with Crippen molar-refractivity contribution in [2.24, 2.45) is 0 Å². The molecule has 4 heteroatoms. The van der Waals surface area contributed by atoms with Crippen LogP contribution in [0.5, 0.6) is 0 Å². The summed E-state index contributed by atoms with van der Waals surface area (Å²) in [6.07, 6.45) is 5.16. The molecule has 0 unspecified atom stereocenters. The van der Waals surface area contributed by atoms with Crippen molar-refractivity contribution in [3.05, 3.63) is 41.2 Å². The molecular weight excluding hydrogens is 284 g/mol. The van der Waals surface area contributed by atoms with Gasteiger partial charge >= 0.3 is 0 Å². The second-order valence-electron chi connectivity index (χ2n) is 6.50. The highest BCUT2D eigenvalue weighted by molar-refractivity contribution is 5.63. The number of anilines is 3. The van der Waals surface area contributed by atoms with Crippen molar-refractivity contribution in [1.29, 1.82) is 0 Å². The van der Waals surface area contributed by atoms with Crippen LogP contribution in [0.15, 0.2) is 24.3 Å². The van der Waals surface area contributed by atoms with Crippen molar-refractivity contribution in [3.8, 4) is 0 Å². The van der Waals surface area contributed by atoms with Crippen LogP contribution in [-0.2, 0) is 0 Å². The molecule has 0 saturated carbocycles. The van der Waals surface area contributed by atoms with Crippen LogP contribution in [0.25, 0.3) is 0 Å². The molecule has 4 nitrogen and oxygen atoms in total. The van der Waals surface area contributed by atoms with Gasteiger partial charge in [0.15, 0.2) is 0 Å². The number of aromatic nitrogens is 2. The Hall–Kier alpha value is -2.10. The highest BCUT2D eigenvalue weighted by Gasteiger charge is 2.13. The van der Waals surface area contributed by atoms with Gasteiger partial charge in [0, 0.05) is 24.8 Å². The Morgan fingerprint density at radius 1 is 0.913 bits per heavy atom. The fraction of sp³-hybridized carbons (Fsp3) is 0.474. The molecule has 0 radical (unpaired) electrons. The number of hydrogen-bond donors (Lipinski definition) is 1. The van der Waals surface area contributed by atoms with E-state index in [4.69, 9.17) is 0 Å². The molecule has 23 heavy (non-hydrogen) atoms. The SMILES string of the molecule is Cc1ccc(Nc2cc(N3CCCCCC3)nc(C)n2)c(C)c1. The summed E-state index contributed by atoms with van der Waals surface area (Å²) in [6, 6.07) is 8.51. The van der Waals surface area contributed by atoms with E-state index in [0.717, 1.165) is 36.2 Å². The van der Waals surface area contributed by atoms with E-state index in [9.17, 15) is 0 Å². The normalized spacial score (nSPS) is 15.3. The Morgan fingerprint density at radius 2 is 1.65 bits per heavy atom. The molecule has 0 aliphatic carbocycles. The summed E-state index contributed by atoms with van der Waals surface area (Å²) in [7, 11) is 0. The average Bonchev–Trinajstić information content (AvgIpc) is 2.79. The molecule has 1 aromatic heterocycles. The summed E-state index contributed by atoms with van der Waals surface area (Å²) in [5.74, 6) is 2.74. The fourth-order valence-corrected chi connectivity index (χ4v) is 3.17. The van der Waals surface area contributed by atoms with E-state index in [0.29, 0.717) is 0 Å². The third-order valence-electron chi connectivity index (χ3n) is 4.40. The van der Waals surface area contributed by atoms with Crippen molar-refractivity contribution in [2.45, 2.75) is 46.5 Å². The predicted octanol–water partition coefficient (Wildman–Crippen LogP) is 4.53. The minimum absolute atomic E-state index is 0.819. The molecule has 1 aromatic carbocycles. The first-order valence-electron chi connectivity index (χ1n) is 8.57. The van der Waals surface area contributed by atoms with Gasteiger partial charge in [0.1, 0.15) is 17.5 Å². The van der Waals surface area contributed by atoms with Gasteiger partial charge in [-0.2, -0.15) is 0 Å². The Kier molecular flexibility index (Phi) is 4.79. The van der Waals surface area contributed by atoms with Gasteiger partial charge in [-0.05, 0) is 45.2 Å². The molecule has 0 spiro atoms. The first kappa shape index (κ1) is 15.8. The zero-order valence-corrected chi connectivity index (χ0v) is 14.4. The topological polar surface area (TPSA) is 41.0 Å². The molecule has 1 aliphatic rings. The van der Waals surface area contributed by atoms with E-state index >= 15 is 0 Å². The van der Waals surface area contributed by atoms with E-state index in [-0.39, 0.29) is 0 Å². The number of benzene rings is 1. The van der Waals surface area contributed by atoms with Gasteiger partial charge in [0.2, 0.25) is 0 Å². The number of aryl methyl sites for hydroxylation is 3. The van der Waals surface area contributed by atoms with Gasteiger partial charge in [-0.3, -0.25) is 0 Å². The van der Waals surface area contributed by atoms with Crippen LogP contribution in [-0.4, -0.2) is 23.1 Å². The van der Waals surface area contributed by atoms with Gasteiger partial charge in [0.25, 0.3) is 0 Å². The van der Waals surface area contributed by atoms with E-state index in [1.165, 1.54) is 36.8 Å². The van der Waals surface area contributed by atoms with E-state index < -0.39 is 0 Å². The summed E-state index contributed by atoms with van der Waals surface area (Å²) in [5.41, 5.74) is 3.62. The summed E-state index contributed by atoms with van der Waals surface area (Å²) in [5, 5.41) is 3.46. The Morgan fingerprint density at radius 3 is 2.35 bits per heavy atom. The van der Waals surface area contributed by atoms with Gasteiger partial charge < -0.3 is 10.2 Å². The molecule has 1 N–H and O–H groups in total. The molecule has 1 aliphatic heterocycles. The van der Waals surface area contributed by atoms with E-state index in [1.807, 2.05) is 6.92 Å². The largest absolute Gasteiger partial charge is 0.356 e. The molecule has 2 heterocycles. The molecule has 0 amide bonds. The van der Waals surface area contributed by atoms with Crippen LogP contribution in [0.1, 0.15) is 42.6 Å². The molecular formula is C19H26N4. The van der Waals surface area contributed by atoms with Crippen LogP contribution >= 0.6 is 0 Å². The Bertz CT molecular complexity index is 673. The molecule has 0 bridgehead atoms. The second-order valence-corrected chi connectivity index (χ2v) is 6.50. The first-order valence-corrected chi connectivity index (χ1v) is 8.57. The van der Waals surface area contributed by atoms with Gasteiger partial charge in [-0.15, -0.1) is 0 Å². The van der Waals surface area contributed by atoms with Crippen LogP contribution < -0.4 is 10.2 Å². The lowest BCUT2D eigenvalue weighted by atomic mass is 10.1. The van der Waals surface area contributed by atoms with Crippen LogP contribution in [0.4, 0.5) is 17.3 Å². The van der Waals surface area contributed by atoms with Gasteiger partial charge in [-0.25, -0.2) is 9.97 Å². The number of rotatable bonds is 3. The third-order valence-corrected chi connectivity index (χ3v) is 4.40. The summed E-state index contributed by atoms with van der Waals surface area (Å²) in [6.45, 7) is 8.40. The lowest BCUT2D eigenvalue weighted by Gasteiger charge is -2.22. The Labute approximate surface area is 139 Å². The van der Waals surface area contributed by atoms with Crippen molar-refractivity contribution in [3.63, 3.8) is 0 Å². The van der Waals surface area contributed by atoms with Crippen molar-refractivity contribution >= 4 is 17.3 Å². The highest BCUT2D eigenvalue weighted by atomic mass is 15.2. The molecule has 2 aromatic rings. The predicted molar refractivity (Wildman–Crippen MR) is 96.6 cm³/mol. The van der Waals surface area contributed by atoms with Crippen molar-refractivity contribution < 1.29 is 0 Å². The summed E-state index contributed by atoms with van der Waals surface area (Å²) >= 11 is 0. The van der Waals surface area contributed by atoms with E-state index in [2.05, 4.69) is 58.3 Å². The summed E-state index contributed by atoms with van der Waals surface area (Å²) < 4.78 is 0. The standard InChI is InChI=1S/C19H26N4/c1-14-8-9-17(15(2)12-14)22-18-13-19(21-16(3)20-18)23-10-6-4-5-7-11-23/h8-9,12-13H,4-7,10-11H2,1-3H3,(H,20,21,22). The smallest absolute Gasteiger partial charge is 0.136 e. The lowest BCUT2D eigenvalue weighted by molar-refractivity contribution is 0.726. The van der Waals surface area contributed by atoms with Crippen LogP contribution in [0.3, 0.4) is 0 Å². The lowest BCUT2D eigenvalue weighted by Crippen LogP contribution is -2.25. The Balaban J connectivity index is 1.84. The quantitative estimate of drug-likeness (QED) is 0.904. The van der Waals surface area contributed by atoms with Crippen LogP contribution in [0.2, 0.25) is 0 Å². The second kappa shape index (κ2) is 6.99. The fourth-order valence-electron chi connectivity index (χ4n) is 3.17. The molecule has 1 saturated heterocycles. The molecule has 3 rings (SSSR count). The molecule has 1 fully saturated rings. The summed E-state index contributed by atoms with van der Waals surface area (Å²) in [4.78, 5) is 11.6. The third kappa shape index (κ3) is 4.01. The van der Waals surface area contributed by atoms with Gasteiger partial charge in [-0.1, -0.05) is 30.5 Å². The maximum absolute atomic E-state index is 4.65. The number of nitrogens with one attached hydrogen (secondary N) is 1. The molecule has 0 atom stereocenters. The van der Waals surface area contributed by atoms with Crippen molar-refractivity contribution in [1.82, 2.24) is 9.97 Å². The minimum atomic E-state index is 0.819. The zero-order chi connectivity index (χ0) is 16.2. The van der Waals surface area contributed by atoms with E-state index in [1.54, 1.807) is 0 Å². The van der Waals surface area contributed by atoms with Crippen molar-refractivity contribution in [2.75, 3.05) is 23.3 Å². The maximum Gasteiger partial charge on any atom is 0.136 e. The minimum Gasteiger partial charge on any atom is -0.356 e. The number of nitrogens with zero attached hydrogens (tertiary/aromatic N) is 3. The highest BCUT2D eigenvalue weighted by Crippen LogP contribution is 2.24. The first-order chi connectivity index (χ1) is 11.1. The van der Waals surface area contributed by atoms with Gasteiger partial charge in [0.05, 0.1) is 0 Å².